The van der Waals surface area contributed by atoms with Gasteiger partial charge in [0.15, 0.2) is 15.8 Å². The lowest BCUT2D eigenvalue weighted by Gasteiger charge is -2.13. The normalized spacial score (nSPS) is 12.1. The predicted octanol–water partition coefficient (Wildman–Crippen LogP) is 2.96. The van der Waals surface area contributed by atoms with Gasteiger partial charge in [0.2, 0.25) is 0 Å². The van der Waals surface area contributed by atoms with Gasteiger partial charge in [-0.05, 0) is 42.2 Å². The van der Waals surface area contributed by atoms with Gasteiger partial charge in [-0.15, -0.1) is 0 Å². The van der Waals surface area contributed by atoms with Gasteiger partial charge in [0.25, 0.3) is 0 Å². The molecule has 0 aliphatic carbocycles. The fourth-order valence-corrected chi connectivity index (χ4v) is 3.85. The van der Waals surface area contributed by atoms with Crippen LogP contribution in [-0.4, -0.2) is 34.2 Å². The van der Waals surface area contributed by atoms with Crippen LogP contribution < -0.4 is 10.6 Å². The van der Waals surface area contributed by atoms with E-state index in [2.05, 4.69) is 15.6 Å². The van der Waals surface area contributed by atoms with Crippen molar-refractivity contribution in [3.63, 3.8) is 0 Å². The zero-order chi connectivity index (χ0) is 19.2. The molecule has 0 amide bonds. The van der Waals surface area contributed by atoms with Gasteiger partial charge in [-0.1, -0.05) is 41.9 Å². The fourth-order valence-electron chi connectivity index (χ4n) is 2.66. The van der Waals surface area contributed by atoms with Crippen LogP contribution in [0.25, 0.3) is 0 Å². The monoisotopic (exact) mass is 393 g/mol. The van der Waals surface area contributed by atoms with Crippen LogP contribution in [0, 0.1) is 6.92 Å². The smallest absolute Gasteiger partial charge is 0.191 e. The highest BCUT2D eigenvalue weighted by Gasteiger charge is 2.11. The number of aryl methyl sites for hydroxylation is 1. The SMILES string of the molecule is CN=C(NCCc1ccccc1Cl)NCc1ccc(S(C)(=O)=O)c(C)c1. The minimum absolute atomic E-state index is 0.364. The molecule has 0 aromatic heterocycles. The lowest BCUT2D eigenvalue weighted by Crippen LogP contribution is -2.37. The Kier molecular flexibility index (Phi) is 7.06. The van der Waals surface area contributed by atoms with E-state index >= 15 is 0 Å². The van der Waals surface area contributed by atoms with Crippen LogP contribution in [0.15, 0.2) is 52.4 Å². The Hall–Kier alpha value is -2.05. The lowest BCUT2D eigenvalue weighted by molar-refractivity contribution is 0.601. The zero-order valence-electron chi connectivity index (χ0n) is 15.2. The van der Waals surface area contributed by atoms with Crippen LogP contribution in [0.1, 0.15) is 16.7 Å². The number of guanidine groups is 1. The Labute approximate surface area is 160 Å². The number of rotatable bonds is 6. The largest absolute Gasteiger partial charge is 0.356 e. The summed E-state index contributed by atoms with van der Waals surface area (Å²) in [5.74, 6) is 0.682. The highest BCUT2D eigenvalue weighted by Crippen LogP contribution is 2.17. The molecule has 2 aromatic rings. The van der Waals surface area contributed by atoms with Gasteiger partial charge in [0, 0.05) is 31.4 Å². The van der Waals surface area contributed by atoms with Crippen molar-refractivity contribution in [1.29, 1.82) is 0 Å². The number of nitrogens with zero attached hydrogens (tertiary/aromatic N) is 1. The summed E-state index contributed by atoms with van der Waals surface area (Å²) in [7, 11) is -1.48. The van der Waals surface area contributed by atoms with Gasteiger partial charge < -0.3 is 10.6 Å². The van der Waals surface area contributed by atoms with Gasteiger partial charge in [-0.25, -0.2) is 8.42 Å². The molecule has 0 saturated heterocycles. The summed E-state index contributed by atoms with van der Waals surface area (Å²) in [4.78, 5) is 4.57. The number of benzene rings is 2. The van der Waals surface area contributed by atoms with E-state index in [4.69, 9.17) is 11.6 Å². The minimum atomic E-state index is -3.20. The summed E-state index contributed by atoms with van der Waals surface area (Å²) < 4.78 is 23.4. The molecular formula is C19H24ClN3O2S. The molecule has 0 bridgehead atoms. The summed E-state index contributed by atoms with van der Waals surface area (Å²) in [6, 6.07) is 13.1. The summed E-state index contributed by atoms with van der Waals surface area (Å²) in [5.41, 5.74) is 2.82. The van der Waals surface area contributed by atoms with Crippen LogP contribution in [0.5, 0.6) is 0 Å². The van der Waals surface area contributed by atoms with Crippen molar-refractivity contribution >= 4 is 27.4 Å². The van der Waals surface area contributed by atoms with Gasteiger partial charge in [-0.2, -0.15) is 0 Å². The average Bonchev–Trinajstić information content (AvgIpc) is 2.58. The molecule has 0 saturated carbocycles. The van der Waals surface area contributed by atoms with Crippen molar-refractivity contribution in [2.24, 2.45) is 4.99 Å². The topological polar surface area (TPSA) is 70.6 Å². The first-order valence-electron chi connectivity index (χ1n) is 8.29. The van der Waals surface area contributed by atoms with Crippen LogP contribution in [-0.2, 0) is 22.8 Å². The first-order valence-corrected chi connectivity index (χ1v) is 10.6. The molecule has 2 N–H and O–H groups in total. The summed E-state index contributed by atoms with van der Waals surface area (Å²) in [6.07, 6.45) is 2.01. The number of hydrogen-bond donors (Lipinski definition) is 2. The van der Waals surface area contributed by atoms with Gasteiger partial charge in [-0.3, -0.25) is 4.99 Å². The number of sulfone groups is 1. The Morgan fingerprint density at radius 3 is 2.50 bits per heavy atom. The standard InChI is InChI=1S/C19H24ClN3O2S/c1-14-12-15(8-9-18(14)26(3,24)25)13-23-19(21-2)22-11-10-16-6-4-5-7-17(16)20/h4-9,12H,10-11,13H2,1-3H3,(H2,21,22,23). The summed E-state index contributed by atoms with van der Waals surface area (Å²) in [5, 5.41) is 7.24. The van der Waals surface area contributed by atoms with E-state index in [0.717, 1.165) is 28.1 Å². The molecule has 140 valence electrons. The second kappa shape index (κ2) is 9.05. The molecule has 0 fully saturated rings. The molecule has 0 spiro atoms. The molecule has 0 radical (unpaired) electrons. The number of aliphatic imine (C=N–C) groups is 1. The van der Waals surface area contributed by atoms with Crippen molar-refractivity contribution in [1.82, 2.24) is 10.6 Å². The van der Waals surface area contributed by atoms with Crippen molar-refractivity contribution in [3.05, 3.63) is 64.2 Å². The van der Waals surface area contributed by atoms with Gasteiger partial charge in [0.1, 0.15) is 0 Å². The summed E-state index contributed by atoms with van der Waals surface area (Å²) >= 11 is 6.16. The Morgan fingerprint density at radius 2 is 1.88 bits per heavy atom. The quantitative estimate of drug-likeness (QED) is 0.584. The third-order valence-electron chi connectivity index (χ3n) is 3.97. The van der Waals surface area contributed by atoms with E-state index in [0.29, 0.717) is 23.9 Å². The Morgan fingerprint density at radius 1 is 1.15 bits per heavy atom. The highest BCUT2D eigenvalue weighted by atomic mass is 35.5. The van der Waals surface area contributed by atoms with Crippen LogP contribution in [0.4, 0.5) is 0 Å². The van der Waals surface area contributed by atoms with E-state index in [1.807, 2.05) is 36.4 Å². The van der Waals surface area contributed by atoms with Crippen molar-refractivity contribution in [3.8, 4) is 0 Å². The Bertz CT molecular complexity index is 895. The maximum Gasteiger partial charge on any atom is 0.191 e. The maximum absolute atomic E-state index is 11.7. The maximum atomic E-state index is 11.7. The average molecular weight is 394 g/mol. The van der Waals surface area contributed by atoms with Crippen molar-refractivity contribution in [2.75, 3.05) is 19.8 Å². The van der Waals surface area contributed by atoms with E-state index in [-0.39, 0.29) is 0 Å². The van der Waals surface area contributed by atoms with E-state index in [1.165, 1.54) is 6.26 Å². The molecule has 0 aliphatic heterocycles. The zero-order valence-corrected chi connectivity index (χ0v) is 16.8. The fraction of sp³-hybridized carbons (Fsp3) is 0.316. The molecule has 5 nitrogen and oxygen atoms in total. The molecule has 2 rings (SSSR count). The van der Waals surface area contributed by atoms with Crippen LogP contribution >= 0.6 is 11.6 Å². The number of halogens is 1. The predicted molar refractivity (Wildman–Crippen MR) is 108 cm³/mol. The molecular weight excluding hydrogens is 370 g/mol. The van der Waals surface area contributed by atoms with Gasteiger partial charge in [0.05, 0.1) is 4.90 Å². The third-order valence-corrected chi connectivity index (χ3v) is 5.59. The molecule has 7 heteroatoms. The first kappa shape index (κ1) is 20.3. The Balaban J connectivity index is 1.89. The van der Waals surface area contributed by atoms with Crippen LogP contribution in [0.2, 0.25) is 5.02 Å². The molecule has 2 aromatic carbocycles. The number of nitrogens with one attached hydrogen (secondary N) is 2. The van der Waals surface area contributed by atoms with Crippen LogP contribution in [0.3, 0.4) is 0 Å². The van der Waals surface area contributed by atoms with Crippen molar-refractivity contribution in [2.45, 2.75) is 24.8 Å². The molecule has 0 unspecified atom stereocenters. The van der Waals surface area contributed by atoms with E-state index < -0.39 is 9.84 Å². The second-order valence-corrected chi connectivity index (χ2v) is 8.46. The molecule has 26 heavy (non-hydrogen) atoms. The molecule has 0 heterocycles. The molecule has 0 atom stereocenters. The molecule has 0 aliphatic rings. The van der Waals surface area contributed by atoms with Gasteiger partial charge >= 0.3 is 0 Å². The first-order chi connectivity index (χ1) is 12.3. The minimum Gasteiger partial charge on any atom is -0.356 e. The second-order valence-electron chi connectivity index (χ2n) is 6.07. The number of hydrogen-bond acceptors (Lipinski definition) is 3. The lowest BCUT2D eigenvalue weighted by atomic mass is 10.1. The highest BCUT2D eigenvalue weighted by molar-refractivity contribution is 7.90. The van der Waals surface area contributed by atoms with E-state index in [9.17, 15) is 8.42 Å². The van der Waals surface area contributed by atoms with Crippen molar-refractivity contribution < 1.29 is 8.42 Å². The van der Waals surface area contributed by atoms with E-state index in [1.54, 1.807) is 20.0 Å². The third kappa shape index (κ3) is 5.75. The summed E-state index contributed by atoms with van der Waals surface area (Å²) in [6.45, 7) is 3.06.